The van der Waals surface area contributed by atoms with E-state index in [1.165, 1.54) is 29.1 Å². The number of rotatable bonds is 6. The number of halogens is 1. The van der Waals surface area contributed by atoms with Crippen molar-refractivity contribution in [2.45, 2.75) is 18.9 Å². The largest absolute Gasteiger partial charge is 0.354 e. The minimum atomic E-state index is -0.356. The summed E-state index contributed by atoms with van der Waals surface area (Å²) in [6, 6.07) is 9.85. The Labute approximate surface area is 169 Å². The monoisotopic (exact) mass is 403 g/mol. The summed E-state index contributed by atoms with van der Waals surface area (Å²) in [7, 11) is 4.02. The maximum absolute atomic E-state index is 13.0. The summed E-state index contributed by atoms with van der Waals surface area (Å²) in [5, 5.41) is 5.13. The van der Waals surface area contributed by atoms with Gasteiger partial charge >= 0.3 is 0 Å². The van der Waals surface area contributed by atoms with Crippen molar-refractivity contribution in [3.05, 3.63) is 58.0 Å². The van der Waals surface area contributed by atoms with Crippen LogP contribution in [0.4, 0.5) is 4.39 Å². The normalized spacial score (nSPS) is 16.2. The molecular weight excluding hydrogens is 377 g/mol. The highest BCUT2D eigenvalue weighted by atomic mass is 32.1. The molecule has 5 nitrogen and oxygen atoms in total. The van der Waals surface area contributed by atoms with Crippen LogP contribution in [-0.4, -0.2) is 55.3 Å². The Morgan fingerprint density at radius 2 is 1.89 bits per heavy atom. The number of thiophene rings is 1. The fraction of sp³-hybridized carbons (Fsp3) is 0.429. The minimum absolute atomic E-state index is 0.0530. The van der Waals surface area contributed by atoms with Gasteiger partial charge < -0.3 is 15.1 Å². The molecule has 1 fully saturated rings. The number of nitrogens with one attached hydrogen (secondary N) is 1. The zero-order chi connectivity index (χ0) is 20.1. The lowest BCUT2D eigenvalue weighted by Crippen LogP contribution is -2.44. The van der Waals surface area contributed by atoms with E-state index in [1.54, 1.807) is 16.2 Å². The predicted octanol–water partition coefficient (Wildman–Crippen LogP) is 3.16. The molecule has 0 saturated carbocycles. The molecule has 1 N–H and O–H groups in total. The average Bonchev–Trinajstić information content (AvgIpc) is 3.22. The quantitative estimate of drug-likeness (QED) is 0.806. The molecule has 0 aliphatic carbocycles. The lowest BCUT2D eigenvalue weighted by Gasteiger charge is -2.32. The van der Waals surface area contributed by atoms with Crippen molar-refractivity contribution >= 4 is 23.2 Å². The first-order valence-electron chi connectivity index (χ1n) is 9.48. The third-order valence-electron chi connectivity index (χ3n) is 5.21. The molecule has 1 aromatic carbocycles. The summed E-state index contributed by atoms with van der Waals surface area (Å²) in [6.45, 7) is 1.65. The van der Waals surface area contributed by atoms with E-state index in [0.717, 1.165) is 0 Å². The van der Waals surface area contributed by atoms with Gasteiger partial charge in [-0.05, 0) is 62.6 Å². The van der Waals surface area contributed by atoms with Gasteiger partial charge in [-0.2, -0.15) is 0 Å². The first-order chi connectivity index (χ1) is 13.5. The molecule has 1 saturated heterocycles. The van der Waals surface area contributed by atoms with Gasteiger partial charge in [-0.15, -0.1) is 11.3 Å². The average molecular weight is 404 g/mol. The minimum Gasteiger partial charge on any atom is -0.354 e. The smallest absolute Gasteiger partial charge is 0.253 e. The van der Waals surface area contributed by atoms with Crippen LogP contribution < -0.4 is 5.32 Å². The van der Waals surface area contributed by atoms with Gasteiger partial charge in [0.2, 0.25) is 5.91 Å². The molecule has 3 rings (SSSR count). The van der Waals surface area contributed by atoms with Crippen LogP contribution in [0, 0.1) is 11.7 Å². The van der Waals surface area contributed by atoms with Crippen molar-refractivity contribution in [3.8, 4) is 0 Å². The van der Waals surface area contributed by atoms with E-state index in [9.17, 15) is 14.0 Å². The molecule has 1 atom stereocenters. The number of likely N-dealkylation sites (N-methyl/N-ethyl adjacent to an activating group) is 1. The Bertz CT molecular complexity index is 784. The number of piperidine rings is 1. The molecule has 2 aromatic rings. The molecule has 2 heterocycles. The second kappa shape index (κ2) is 9.30. The van der Waals surface area contributed by atoms with Crippen LogP contribution in [0.15, 0.2) is 41.8 Å². The van der Waals surface area contributed by atoms with Crippen molar-refractivity contribution in [1.82, 2.24) is 15.1 Å². The lowest BCUT2D eigenvalue weighted by molar-refractivity contribution is -0.126. The number of nitrogens with zero attached hydrogens (tertiary/aromatic N) is 2. The summed E-state index contributed by atoms with van der Waals surface area (Å²) in [5.41, 5.74) is 0.481. The van der Waals surface area contributed by atoms with Crippen LogP contribution in [0.1, 0.15) is 34.1 Å². The number of hydrogen-bond donors (Lipinski definition) is 1. The number of hydrogen-bond acceptors (Lipinski definition) is 4. The molecule has 1 aliphatic heterocycles. The number of likely N-dealkylation sites (tertiary alicyclic amines) is 1. The summed E-state index contributed by atoms with van der Waals surface area (Å²) >= 11 is 1.69. The van der Waals surface area contributed by atoms with E-state index >= 15 is 0 Å². The predicted molar refractivity (Wildman–Crippen MR) is 109 cm³/mol. The molecule has 28 heavy (non-hydrogen) atoms. The molecule has 1 aromatic heterocycles. The van der Waals surface area contributed by atoms with E-state index in [2.05, 4.69) is 16.3 Å². The van der Waals surface area contributed by atoms with E-state index in [4.69, 9.17) is 0 Å². The molecule has 0 unspecified atom stereocenters. The van der Waals surface area contributed by atoms with Crippen LogP contribution in [0.2, 0.25) is 0 Å². The van der Waals surface area contributed by atoms with Crippen LogP contribution in [0.25, 0.3) is 0 Å². The van der Waals surface area contributed by atoms with Gasteiger partial charge in [0.15, 0.2) is 0 Å². The highest BCUT2D eigenvalue weighted by Gasteiger charge is 2.28. The van der Waals surface area contributed by atoms with Crippen LogP contribution >= 0.6 is 11.3 Å². The maximum Gasteiger partial charge on any atom is 0.253 e. The van der Waals surface area contributed by atoms with Gasteiger partial charge in [0.1, 0.15) is 5.82 Å². The Hall–Kier alpha value is -2.25. The van der Waals surface area contributed by atoms with Gasteiger partial charge in [0.05, 0.1) is 6.04 Å². The highest BCUT2D eigenvalue weighted by Crippen LogP contribution is 2.23. The third kappa shape index (κ3) is 4.97. The van der Waals surface area contributed by atoms with Crippen molar-refractivity contribution in [1.29, 1.82) is 0 Å². The van der Waals surface area contributed by atoms with Crippen LogP contribution in [-0.2, 0) is 4.79 Å². The summed E-state index contributed by atoms with van der Waals surface area (Å²) in [4.78, 5) is 30.2. The topological polar surface area (TPSA) is 52.7 Å². The molecule has 150 valence electrons. The molecule has 0 bridgehead atoms. The summed E-state index contributed by atoms with van der Waals surface area (Å²) < 4.78 is 13.0. The summed E-state index contributed by atoms with van der Waals surface area (Å²) in [5.74, 6) is -0.490. The van der Waals surface area contributed by atoms with Crippen molar-refractivity contribution in [3.63, 3.8) is 0 Å². The van der Waals surface area contributed by atoms with Crippen molar-refractivity contribution in [2.24, 2.45) is 5.92 Å². The number of carbonyl (C=O) groups excluding carboxylic acids is 2. The Balaban J connectivity index is 1.49. The first kappa shape index (κ1) is 20.5. The fourth-order valence-corrected chi connectivity index (χ4v) is 4.40. The number of benzene rings is 1. The van der Waals surface area contributed by atoms with E-state index in [0.29, 0.717) is 38.0 Å². The van der Waals surface area contributed by atoms with E-state index in [-0.39, 0.29) is 29.6 Å². The van der Waals surface area contributed by atoms with Gasteiger partial charge in [-0.25, -0.2) is 4.39 Å². The van der Waals surface area contributed by atoms with Gasteiger partial charge in [0, 0.05) is 36.0 Å². The fourth-order valence-electron chi connectivity index (χ4n) is 3.48. The standard InChI is InChI=1S/C21H26FN3O2S/c1-24(2)18(19-4-3-13-28-19)14-23-20(26)15-9-11-25(12-10-15)21(27)16-5-7-17(22)8-6-16/h3-8,13,15,18H,9-12,14H2,1-2H3,(H,23,26)/t18-/m0/s1. The Kier molecular flexibility index (Phi) is 6.80. The van der Waals surface area contributed by atoms with Crippen molar-refractivity contribution in [2.75, 3.05) is 33.7 Å². The lowest BCUT2D eigenvalue weighted by atomic mass is 9.95. The summed E-state index contributed by atoms with van der Waals surface area (Å²) in [6.07, 6.45) is 1.29. The highest BCUT2D eigenvalue weighted by molar-refractivity contribution is 7.10. The molecule has 7 heteroatoms. The van der Waals surface area contributed by atoms with Crippen LogP contribution in [0.3, 0.4) is 0 Å². The Morgan fingerprint density at radius 1 is 1.21 bits per heavy atom. The molecule has 2 amide bonds. The molecular formula is C21H26FN3O2S. The first-order valence-corrected chi connectivity index (χ1v) is 10.4. The Morgan fingerprint density at radius 3 is 2.46 bits per heavy atom. The maximum atomic E-state index is 13.0. The number of amides is 2. The molecule has 1 aliphatic rings. The van der Waals surface area contributed by atoms with Crippen LogP contribution in [0.5, 0.6) is 0 Å². The molecule has 0 radical (unpaired) electrons. The van der Waals surface area contributed by atoms with E-state index < -0.39 is 0 Å². The zero-order valence-electron chi connectivity index (χ0n) is 16.2. The number of carbonyl (C=O) groups is 2. The van der Waals surface area contributed by atoms with Crippen molar-refractivity contribution < 1.29 is 14.0 Å². The second-order valence-corrected chi connectivity index (χ2v) is 8.29. The van der Waals surface area contributed by atoms with E-state index in [1.807, 2.05) is 25.5 Å². The second-order valence-electron chi connectivity index (χ2n) is 7.31. The van der Waals surface area contributed by atoms with Gasteiger partial charge in [-0.3, -0.25) is 9.59 Å². The van der Waals surface area contributed by atoms with Gasteiger partial charge in [-0.1, -0.05) is 6.07 Å². The zero-order valence-corrected chi connectivity index (χ0v) is 17.0. The third-order valence-corrected chi connectivity index (χ3v) is 6.18. The van der Waals surface area contributed by atoms with Gasteiger partial charge in [0.25, 0.3) is 5.91 Å². The molecule has 0 spiro atoms. The SMILES string of the molecule is CN(C)[C@@H](CNC(=O)C1CCN(C(=O)c2ccc(F)cc2)CC1)c1cccs1.